The van der Waals surface area contributed by atoms with Crippen molar-refractivity contribution in [3.05, 3.63) is 97.1 Å². The summed E-state index contributed by atoms with van der Waals surface area (Å²) < 4.78 is 0. The van der Waals surface area contributed by atoms with Crippen LogP contribution in [0.3, 0.4) is 0 Å². The van der Waals surface area contributed by atoms with Gasteiger partial charge in [0.1, 0.15) is 30.0 Å². The molecule has 27 nitrogen and oxygen atoms in total. The predicted molar refractivity (Wildman–Crippen MR) is 261 cm³/mol. The molecular weight excluding hydrogens is 1010 g/mol. The lowest BCUT2D eigenvalue weighted by Crippen LogP contribution is -2.49. The lowest BCUT2D eigenvalue weighted by molar-refractivity contribution is -0.387. The number of rotatable bonds is 26. The van der Waals surface area contributed by atoms with E-state index in [4.69, 9.17) is 38.9 Å². The second-order valence-corrected chi connectivity index (χ2v) is 17.7. The van der Waals surface area contributed by atoms with Gasteiger partial charge in [0.05, 0.1) is 26.2 Å². The highest BCUT2D eigenvalue weighted by Crippen LogP contribution is 2.32. The maximum absolute atomic E-state index is 12.4. The number of carbonyl (C=O) groups excluding carboxylic acids is 7. The van der Waals surface area contributed by atoms with Crippen molar-refractivity contribution in [1.29, 1.82) is 0 Å². The molecular formula is C42H52N10O17S3. The zero-order valence-electron chi connectivity index (χ0n) is 38.5. The third kappa shape index (κ3) is 22.4. The maximum atomic E-state index is 12.4. The first kappa shape index (κ1) is 62.3. The summed E-state index contributed by atoms with van der Waals surface area (Å²) in [5.41, 5.74) is 26.7. The largest absolute Gasteiger partial charge is 0.480 e. The van der Waals surface area contributed by atoms with E-state index in [0.717, 1.165) is 41.2 Å². The quantitative estimate of drug-likeness (QED) is 0.0297. The summed E-state index contributed by atoms with van der Waals surface area (Å²) in [7, 11) is 0. The van der Waals surface area contributed by atoms with E-state index in [1.807, 2.05) is 25.3 Å². The van der Waals surface area contributed by atoms with Crippen LogP contribution in [-0.4, -0.2) is 133 Å². The third-order valence-corrected chi connectivity index (χ3v) is 12.4. The van der Waals surface area contributed by atoms with Crippen LogP contribution in [-0.2, 0) is 33.6 Å². The van der Waals surface area contributed by atoms with E-state index >= 15 is 0 Å². The molecule has 30 heteroatoms. The highest BCUT2D eigenvalue weighted by molar-refractivity contribution is 7.99. The Labute approximate surface area is 421 Å². The number of benzene rings is 3. The Kier molecular flexibility index (Phi) is 26.7. The number of aliphatic carboxylic acids is 3. The number of nitrogens with two attached hydrogens (primary N) is 5. The van der Waals surface area contributed by atoms with Gasteiger partial charge in [0.15, 0.2) is 0 Å². The second kappa shape index (κ2) is 30.8. The van der Waals surface area contributed by atoms with Crippen LogP contribution in [0.2, 0.25) is 0 Å². The summed E-state index contributed by atoms with van der Waals surface area (Å²) in [5, 5.41) is 56.1. The van der Waals surface area contributed by atoms with Gasteiger partial charge in [-0.05, 0) is 81.0 Å². The molecule has 72 heavy (non-hydrogen) atoms. The first-order valence-electron chi connectivity index (χ1n) is 20.5. The van der Waals surface area contributed by atoms with Crippen LogP contribution in [0.1, 0.15) is 69.2 Å². The summed E-state index contributed by atoms with van der Waals surface area (Å²) in [6, 6.07) is 7.48. The van der Waals surface area contributed by atoms with Crippen molar-refractivity contribution in [2.24, 2.45) is 28.7 Å². The minimum Gasteiger partial charge on any atom is -0.480 e. The SMILES string of the molecule is CC(=O)CNC(=O)C(CSc1ccc(C(N)=O)cc1[N+](=O)[O-])NC(=O)CCC(N)C(=O)O.CSc1ccc(C(N)=O)cc1C.NC(=O)c1ccc(SCC(NC(=O)CCC(N)C(=O)O)C(=O)O)c([N+](=O)[O-])c1. The van der Waals surface area contributed by atoms with Crippen LogP contribution < -0.4 is 44.6 Å². The van der Waals surface area contributed by atoms with Gasteiger partial charge in [0.2, 0.25) is 35.4 Å². The number of hydrogen-bond acceptors (Lipinski definition) is 19. The number of nitrogens with one attached hydrogen (secondary N) is 3. The zero-order chi connectivity index (χ0) is 55.0. The van der Waals surface area contributed by atoms with E-state index in [0.29, 0.717) is 5.56 Å². The number of carboxylic acid groups (broad SMARTS) is 3. The van der Waals surface area contributed by atoms with Gasteiger partial charge in [-0.1, -0.05) is 0 Å². The lowest BCUT2D eigenvalue weighted by Gasteiger charge is -2.18. The Morgan fingerprint density at radius 2 is 0.986 bits per heavy atom. The summed E-state index contributed by atoms with van der Waals surface area (Å²) in [5.74, 6) is -8.84. The van der Waals surface area contributed by atoms with Crippen molar-refractivity contribution in [3.8, 4) is 0 Å². The monoisotopic (exact) mass is 1060 g/mol. The maximum Gasteiger partial charge on any atom is 0.327 e. The number of primary amides is 3. The average molecular weight is 1070 g/mol. The summed E-state index contributed by atoms with van der Waals surface area (Å²) >= 11 is 3.32. The highest BCUT2D eigenvalue weighted by atomic mass is 32.2. The molecule has 4 unspecified atom stereocenters. The molecule has 0 saturated heterocycles. The fourth-order valence-corrected chi connectivity index (χ4v) is 7.92. The molecule has 4 atom stereocenters. The molecule has 16 N–H and O–H groups in total. The summed E-state index contributed by atoms with van der Waals surface area (Å²) in [6.45, 7) is 2.94. The number of carboxylic acids is 3. The Bertz CT molecular complexity index is 2550. The smallest absolute Gasteiger partial charge is 0.327 e. The number of carbonyl (C=O) groups is 10. The van der Waals surface area contributed by atoms with Gasteiger partial charge in [-0.3, -0.25) is 63.4 Å². The third-order valence-electron chi connectivity index (χ3n) is 9.17. The minimum atomic E-state index is -1.38. The van der Waals surface area contributed by atoms with E-state index in [1.165, 1.54) is 36.1 Å². The van der Waals surface area contributed by atoms with Gasteiger partial charge in [-0.15, -0.1) is 35.3 Å². The first-order chi connectivity index (χ1) is 33.6. The predicted octanol–water partition coefficient (Wildman–Crippen LogP) is 0.531. The van der Waals surface area contributed by atoms with Gasteiger partial charge < -0.3 is 59.9 Å². The van der Waals surface area contributed by atoms with Crippen molar-refractivity contribution in [2.75, 3.05) is 24.3 Å². The van der Waals surface area contributed by atoms with Crippen molar-refractivity contribution in [3.63, 3.8) is 0 Å². The molecule has 0 fully saturated rings. The number of hydrogen-bond donors (Lipinski definition) is 11. The molecule has 0 aromatic heterocycles. The fourth-order valence-electron chi connectivity index (χ4n) is 5.29. The normalized spacial score (nSPS) is 12.0. The van der Waals surface area contributed by atoms with Gasteiger partial charge in [-0.2, -0.15) is 0 Å². The average Bonchev–Trinajstić information content (AvgIpc) is 3.31. The Morgan fingerprint density at radius 1 is 0.611 bits per heavy atom. The van der Waals surface area contributed by atoms with Crippen molar-refractivity contribution >= 4 is 106 Å². The first-order valence-corrected chi connectivity index (χ1v) is 23.7. The zero-order valence-corrected chi connectivity index (χ0v) is 41.0. The van der Waals surface area contributed by atoms with Crippen molar-refractivity contribution < 1.29 is 73.1 Å². The molecule has 390 valence electrons. The molecule has 0 radical (unpaired) electrons. The second-order valence-electron chi connectivity index (χ2n) is 14.7. The number of nitrogens with zero attached hydrogens (tertiary/aromatic N) is 2. The van der Waals surface area contributed by atoms with E-state index in [2.05, 4.69) is 16.0 Å². The van der Waals surface area contributed by atoms with Crippen LogP contribution in [0.25, 0.3) is 0 Å². The van der Waals surface area contributed by atoms with Crippen LogP contribution >= 0.6 is 35.3 Å². The Morgan fingerprint density at radius 3 is 1.32 bits per heavy atom. The van der Waals surface area contributed by atoms with Crippen LogP contribution in [0.15, 0.2) is 69.3 Å². The van der Waals surface area contributed by atoms with E-state index in [1.54, 1.807) is 17.8 Å². The number of nitro groups is 2. The topological polar surface area (TPSA) is 484 Å². The molecule has 0 spiro atoms. The van der Waals surface area contributed by atoms with Crippen LogP contribution in [0, 0.1) is 27.2 Å². The molecule has 0 aliphatic rings. The summed E-state index contributed by atoms with van der Waals surface area (Å²) in [4.78, 5) is 136. The Balaban J connectivity index is 0.000000589. The van der Waals surface area contributed by atoms with E-state index < -0.39 is 92.8 Å². The number of Topliss-reactive ketones (excluding diaryl/α,β-unsaturated/α-hetero) is 1. The molecule has 0 aliphatic carbocycles. The molecule has 0 heterocycles. The number of thioether (sulfide) groups is 3. The number of amides is 6. The number of ketones is 1. The molecule has 0 aliphatic heterocycles. The number of nitro benzene ring substituents is 2. The van der Waals surface area contributed by atoms with Crippen LogP contribution in [0.5, 0.6) is 0 Å². The lowest BCUT2D eigenvalue weighted by atomic mass is 10.1. The molecule has 0 bridgehead atoms. The molecule has 3 aromatic carbocycles. The molecule has 3 aromatic rings. The standard InChI is InChI=1S/C18H23N5O8S.C15H18N4O8S.C9H11NOS/c1-9(24)7-21-17(27)12(22-15(25)5-3-11(19)18(28)29)8-32-14-4-2-10(16(20)26)6-13(14)23(30)31;16-8(14(22)23)2-4-12(20)18-9(15(24)25)6-28-11-3-1-7(13(17)21)5-10(11)19(26)27;1-6-5-7(9(10)11)3-4-8(6)12-2/h2,4,6,11-12H,3,5,7-8,19H2,1H3,(H2,20,26)(H,21,27)(H,22,25)(H,28,29);1,3,5,8-9H,2,4,6,16H2,(H2,17,21)(H,18,20)(H,22,23)(H,24,25);3-5H,1-2H3,(H2,10,11). The van der Waals surface area contributed by atoms with Gasteiger partial charge in [0.25, 0.3) is 11.4 Å². The fraction of sp³-hybridized carbons (Fsp3) is 0.333. The molecule has 0 saturated carbocycles. The van der Waals surface area contributed by atoms with Gasteiger partial charge >= 0.3 is 17.9 Å². The summed E-state index contributed by atoms with van der Waals surface area (Å²) in [6.07, 6.45) is 1.08. The van der Waals surface area contributed by atoms with Crippen molar-refractivity contribution in [1.82, 2.24) is 16.0 Å². The minimum absolute atomic E-state index is 0.0696. The molecule has 6 amide bonds. The molecule has 3 rings (SSSR count). The van der Waals surface area contributed by atoms with E-state index in [9.17, 15) is 73.3 Å². The van der Waals surface area contributed by atoms with Crippen molar-refractivity contribution in [2.45, 2.75) is 78.4 Å². The van der Waals surface area contributed by atoms with Crippen LogP contribution in [0.4, 0.5) is 11.4 Å². The van der Waals surface area contributed by atoms with E-state index in [-0.39, 0.29) is 76.3 Å². The van der Waals surface area contributed by atoms with Gasteiger partial charge in [0, 0.05) is 58.1 Å². The number of aryl methyl sites for hydroxylation is 1. The Hall–Kier alpha value is -7.67. The van der Waals surface area contributed by atoms with Gasteiger partial charge in [-0.25, -0.2) is 4.79 Å². The highest BCUT2D eigenvalue weighted by Gasteiger charge is 2.27.